The zero-order valence-electron chi connectivity index (χ0n) is 10.7. The van der Waals surface area contributed by atoms with Gasteiger partial charge in [0.2, 0.25) is 0 Å². The SMILES string of the molecule is Brc1cccc(C(Br)c2ccc3c(c2)CCCC3)c1. The Balaban J connectivity index is 1.93. The summed E-state index contributed by atoms with van der Waals surface area (Å²) >= 11 is 7.38. The number of aryl methyl sites for hydroxylation is 2. The molecule has 0 spiro atoms. The van der Waals surface area contributed by atoms with Gasteiger partial charge in [0.05, 0.1) is 4.83 Å². The molecule has 98 valence electrons. The van der Waals surface area contributed by atoms with E-state index >= 15 is 0 Å². The lowest BCUT2D eigenvalue weighted by Crippen LogP contribution is -2.04. The Hall–Kier alpha value is -0.600. The third-order valence-electron chi connectivity index (χ3n) is 3.81. The van der Waals surface area contributed by atoms with Gasteiger partial charge < -0.3 is 0 Å². The number of halogens is 2. The van der Waals surface area contributed by atoms with Gasteiger partial charge in [-0.3, -0.25) is 0 Å². The molecule has 3 rings (SSSR count). The zero-order valence-corrected chi connectivity index (χ0v) is 13.9. The minimum atomic E-state index is 0.275. The summed E-state index contributed by atoms with van der Waals surface area (Å²) in [6.07, 6.45) is 5.16. The fraction of sp³-hybridized carbons (Fsp3) is 0.294. The molecule has 0 heterocycles. The van der Waals surface area contributed by atoms with E-state index in [4.69, 9.17) is 0 Å². The van der Waals surface area contributed by atoms with Gasteiger partial charge in [-0.25, -0.2) is 0 Å². The Morgan fingerprint density at radius 1 is 0.842 bits per heavy atom. The summed E-state index contributed by atoms with van der Waals surface area (Å²) in [6, 6.07) is 15.5. The normalized spacial score (nSPS) is 15.9. The molecule has 1 aliphatic rings. The van der Waals surface area contributed by atoms with Crippen molar-refractivity contribution in [2.24, 2.45) is 0 Å². The molecule has 0 aliphatic heterocycles. The second-order valence-corrected chi connectivity index (χ2v) is 6.98. The van der Waals surface area contributed by atoms with Crippen LogP contribution < -0.4 is 0 Å². The first kappa shape index (κ1) is 13.4. The Labute approximate surface area is 131 Å². The molecule has 2 heteroatoms. The molecule has 1 aliphatic carbocycles. The van der Waals surface area contributed by atoms with Gasteiger partial charge >= 0.3 is 0 Å². The van der Waals surface area contributed by atoms with Gasteiger partial charge in [0.15, 0.2) is 0 Å². The van der Waals surface area contributed by atoms with Crippen LogP contribution in [0, 0.1) is 0 Å². The van der Waals surface area contributed by atoms with Gasteiger partial charge in [0, 0.05) is 4.47 Å². The van der Waals surface area contributed by atoms with E-state index in [1.54, 1.807) is 11.1 Å². The number of rotatable bonds is 2. The highest BCUT2D eigenvalue weighted by atomic mass is 79.9. The van der Waals surface area contributed by atoms with E-state index in [-0.39, 0.29) is 4.83 Å². The molecule has 1 atom stereocenters. The largest absolute Gasteiger partial charge is 0.0786 e. The molecule has 0 fully saturated rings. The first-order valence-electron chi connectivity index (χ1n) is 6.75. The summed E-state index contributed by atoms with van der Waals surface area (Å²) < 4.78 is 1.13. The summed E-state index contributed by atoms with van der Waals surface area (Å²) in [5.41, 5.74) is 5.75. The second kappa shape index (κ2) is 5.80. The summed E-state index contributed by atoms with van der Waals surface area (Å²) in [5, 5.41) is 0. The molecule has 19 heavy (non-hydrogen) atoms. The van der Waals surface area contributed by atoms with Gasteiger partial charge in [0.1, 0.15) is 0 Å². The topological polar surface area (TPSA) is 0 Å². The lowest BCUT2D eigenvalue weighted by Gasteiger charge is -2.19. The van der Waals surface area contributed by atoms with Gasteiger partial charge in [0.25, 0.3) is 0 Å². The van der Waals surface area contributed by atoms with Crippen molar-refractivity contribution in [2.75, 3.05) is 0 Å². The summed E-state index contributed by atoms with van der Waals surface area (Å²) in [5.74, 6) is 0. The van der Waals surface area contributed by atoms with E-state index in [1.807, 2.05) is 0 Å². The van der Waals surface area contributed by atoms with Gasteiger partial charge in [-0.05, 0) is 60.1 Å². The average molecular weight is 380 g/mol. The number of fused-ring (bicyclic) bond motifs is 1. The Morgan fingerprint density at radius 2 is 1.58 bits per heavy atom. The maximum Gasteiger partial charge on any atom is 0.0645 e. The molecule has 0 aromatic heterocycles. The molecule has 2 aromatic rings. The van der Waals surface area contributed by atoms with Crippen molar-refractivity contribution in [3.05, 3.63) is 69.2 Å². The molecule has 0 saturated carbocycles. The van der Waals surface area contributed by atoms with Crippen LogP contribution in [-0.2, 0) is 12.8 Å². The summed E-state index contributed by atoms with van der Waals surface area (Å²) in [4.78, 5) is 0.275. The van der Waals surface area contributed by atoms with Crippen molar-refractivity contribution in [2.45, 2.75) is 30.5 Å². The van der Waals surface area contributed by atoms with E-state index in [0.29, 0.717) is 0 Å². The molecule has 0 radical (unpaired) electrons. The molecule has 0 nitrogen and oxygen atoms in total. The smallest absolute Gasteiger partial charge is 0.0645 e. The highest BCUT2D eigenvalue weighted by molar-refractivity contribution is 9.10. The molecule has 1 unspecified atom stereocenters. The fourth-order valence-electron chi connectivity index (χ4n) is 2.77. The third-order valence-corrected chi connectivity index (χ3v) is 5.36. The van der Waals surface area contributed by atoms with Crippen LogP contribution in [-0.4, -0.2) is 0 Å². The standard InChI is InChI=1S/C17H16Br2/c18-16-7-3-6-14(11-16)17(19)15-9-8-12-4-1-2-5-13(12)10-15/h3,6-11,17H,1-2,4-5H2. The Bertz CT molecular complexity index is 590. The van der Waals surface area contributed by atoms with Crippen LogP contribution in [0.5, 0.6) is 0 Å². The summed E-state index contributed by atoms with van der Waals surface area (Å²) in [7, 11) is 0. The number of hydrogen-bond donors (Lipinski definition) is 0. The predicted octanol–water partition coefficient (Wildman–Crippen LogP) is 5.81. The lowest BCUT2D eigenvalue weighted by molar-refractivity contribution is 0.684. The molecular formula is C17H16Br2. The fourth-order valence-corrected chi connectivity index (χ4v) is 3.75. The molecule has 0 bridgehead atoms. The maximum absolute atomic E-state index is 3.84. The highest BCUT2D eigenvalue weighted by Gasteiger charge is 2.14. The molecular weight excluding hydrogens is 364 g/mol. The van der Waals surface area contributed by atoms with E-state index in [0.717, 1.165) is 4.47 Å². The third kappa shape index (κ3) is 2.95. The van der Waals surface area contributed by atoms with Crippen LogP contribution in [0.1, 0.15) is 39.9 Å². The Kier molecular flexibility index (Phi) is 4.09. The van der Waals surface area contributed by atoms with Crippen molar-refractivity contribution in [3.63, 3.8) is 0 Å². The first-order valence-corrected chi connectivity index (χ1v) is 8.46. The van der Waals surface area contributed by atoms with Crippen LogP contribution in [0.15, 0.2) is 46.9 Å². The van der Waals surface area contributed by atoms with Crippen molar-refractivity contribution in [3.8, 4) is 0 Å². The van der Waals surface area contributed by atoms with Crippen LogP contribution in [0.3, 0.4) is 0 Å². The number of hydrogen-bond acceptors (Lipinski definition) is 0. The zero-order chi connectivity index (χ0) is 13.2. The van der Waals surface area contributed by atoms with Gasteiger partial charge in [-0.15, -0.1) is 0 Å². The Morgan fingerprint density at radius 3 is 2.37 bits per heavy atom. The van der Waals surface area contributed by atoms with Crippen molar-refractivity contribution in [1.29, 1.82) is 0 Å². The molecule has 0 N–H and O–H groups in total. The molecule has 2 aromatic carbocycles. The van der Waals surface area contributed by atoms with Gasteiger partial charge in [-0.1, -0.05) is 62.2 Å². The van der Waals surface area contributed by atoms with Crippen LogP contribution in [0.4, 0.5) is 0 Å². The summed E-state index contributed by atoms with van der Waals surface area (Å²) in [6.45, 7) is 0. The quantitative estimate of drug-likeness (QED) is 0.577. The molecule has 0 saturated heterocycles. The van der Waals surface area contributed by atoms with E-state index < -0.39 is 0 Å². The monoisotopic (exact) mass is 378 g/mol. The maximum atomic E-state index is 3.84. The first-order chi connectivity index (χ1) is 9.24. The minimum absolute atomic E-state index is 0.275. The van der Waals surface area contributed by atoms with Crippen LogP contribution in [0.2, 0.25) is 0 Å². The van der Waals surface area contributed by atoms with Crippen molar-refractivity contribution >= 4 is 31.9 Å². The molecule has 0 amide bonds. The van der Waals surface area contributed by atoms with Crippen molar-refractivity contribution in [1.82, 2.24) is 0 Å². The van der Waals surface area contributed by atoms with E-state index in [2.05, 4.69) is 74.3 Å². The minimum Gasteiger partial charge on any atom is -0.0786 e. The second-order valence-electron chi connectivity index (χ2n) is 5.15. The van der Waals surface area contributed by atoms with E-state index in [1.165, 1.54) is 36.8 Å². The predicted molar refractivity (Wildman–Crippen MR) is 88.0 cm³/mol. The highest BCUT2D eigenvalue weighted by Crippen LogP contribution is 2.34. The lowest BCUT2D eigenvalue weighted by atomic mass is 9.89. The van der Waals surface area contributed by atoms with Gasteiger partial charge in [-0.2, -0.15) is 0 Å². The number of benzene rings is 2. The van der Waals surface area contributed by atoms with Crippen LogP contribution in [0.25, 0.3) is 0 Å². The number of alkyl halides is 1. The average Bonchev–Trinajstić information content (AvgIpc) is 2.46. The van der Waals surface area contributed by atoms with Crippen LogP contribution >= 0.6 is 31.9 Å². The van der Waals surface area contributed by atoms with Crippen molar-refractivity contribution < 1.29 is 0 Å². The van der Waals surface area contributed by atoms with E-state index in [9.17, 15) is 0 Å².